The number of nitrogens with one attached hydrogen (secondary N) is 1. The minimum Gasteiger partial charge on any atom is -0.309 e. The first-order valence-corrected chi connectivity index (χ1v) is 7.75. The Morgan fingerprint density at radius 3 is 2.63 bits per heavy atom. The molecule has 0 aliphatic carbocycles. The zero-order valence-electron chi connectivity index (χ0n) is 11.5. The van der Waals surface area contributed by atoms with Crippen molar-refractivity contribution >= 4 is 22.9 Å². The summed E-state index contributed by atoms with van der Waals surface area (Å²) < 4.78 is 0. The van der Waals surface area contributed by atoms with Crippen molar-refractivity contribution in [2.45, 2.75) is 39.8 Å². The molecule has 2 rings (SSSR count). The van der Waals surface area contributed by atoms with Gasteiger partial charge in [0.25, 0.3) is 0 Å². The predicted octanol–water partition coefficient (Wildman–Crippen LogP) is 4.66. The van der Waals surface area contributed by atoms with Gasteiger partial charge < -0.3 is 5.32 Å². The Morgan fingerprint density at radius 1 is 1.32 bits per heavy atom. The number of halogens is 1. The van der Waals surface area contributed by atoms with Gasteiger partial charge in [0.05, 0.1) is 5.69 Å². The van der Waals surface area contributed by atoms with E-state index < -0.39 is 0 Å². The van der Waals surface area contributed by atoms with Gasteiger partial charge in [-0.05, 0) is 32.4 Å². The van der Waals surface area contributed by atoms with E-state index in [0.29, 0.717) is 6.04 Å². The summed E-state index contributed by atoms with van der Waals surface area (Å²) in [6.45, 7) is 7.36. The first-order valence-electron chi connectivity index (χ1n) is 6.55. The monoisotopic (exact) mass is 294 g/mol. The molecule has 1 N–H and O–H groups in total. The SMILES string of the molecule is CCC(C)NCc1sc(-c2ccc(Cl)cc2)nc1C. The standard InChI is InChI=1S/C15H19ClN2S/c1-4-10(2)17-9-14-11(3)18-15(19-14)12-5-7-13(16)8-6-12/h5-8,10,17H,4,9H2,1-3H3. The van der Waals surface area contributed by atoms with E-state index in [1.54, 1.807) is 11.3 Å². The zero-order chi connectivity index (χ0) is 13.8. The van der Waals surface area contributed by atoms with Crippen molar-refractivity contribution in [3.8, 4) is 10.6 Å². The van der Waals surface area contributed by atoms with Gasteiger partial charge in [-0.15, -0.1) is 11.3 Å². The molecular weight excluding hydrogens is 276 g/mol. The van der Waals surface area contributed by atoms with E-state index in [4.69, 9.17) is 11.6 Å². The summed E-state index contributed by atoms with van der Waals surface area (Å²) in [5.74, 6) is 0. The summed E-state index contributed by atoms with van der Waals surface area (Å²) in [5, 5.41) is 5.34. The van der Waals surface area contributed by atoms with Crippen molar-refractivity contribution in [1.82, 2.24) is 10.3 Å². The van der Waals surface area contributed by atoms with Gasteiger partial charge in [-0.1, -0.05) is 30.7 Å². The minimum atomic E-state index is 0.542. The van der Waals surface area contributed by atoms with E-state index in [-0.39, 0.29) is 0 Å². The number of hydrogen-bond donors (Lipinski definition) is 1. The molecule has 0 aliphatic rings. The normalized spacial score (nSPS) is 12.6. The average Bonchev–Trinajstić information content (AvgIpc) is 2.78. The van der Waals surface area contributed by atoms with Crippen LogP contribution in [-0.4, -0.2) is 11.0 Å². The molecule has 0 saturated heterocycles. The van der Waals surface area contributed by atoms with Crippen LogP contribution in [0.15, 0.2) is 24.3 Å². The molecule has 4 heteroatoms. The molecule has 19 heavy (non-hydrogen) atoms. The van der Waals surface area contributed by atoms with E-state index in [9.17, 15) is 0 Å². The average molecular weight is 295 g/mol. The second kappa shape index (κ2) is 6.51. The van der Waals surface area contributed by atoms with Gasteiger partial charge in [0, 0.05) is 28.0 Å². The summed E-state index contributed by atoms with van der Waals surface area (Å²) in [4.78, 5) is 5.96. The van der Waals surface area contributed by atoms with Crippen molar-refractivity contribution in [2.75, 3.05) is 0 Å². The smallest absolute Gasteiger partial charge is 0.123 e. The van der Waals surface area contributed by atoms with E-state index >= 15 is 0 Å². The van der Waals surface area contributed by atoms with Gasteiger partial charge in [-0.3, -0.25) is 0 Å². The van der Waals surface area contributed by atoms with Gasteiger partial charge in [-0.25, -0.2) is 4.98 Å². The molecule has 102 valence electrons. The molecule has 0 fully saturated rings. The molecule has 0 radical (unpaired) electrons. The van der Waals surface area contributed by atoms with Crippen LogP contribution in [0.1, 0.15) is 30.8 Å². The lowest BCUT2D eigenvalue weighted by molar-refractivity contribution is 0.536. The first-order chi connectivity index (χ1) is 9.10. The van der Waals surface area contributed by atoms with Crippen LogP contribution in [0.25, 0.3) is 10.6 Å². The Kier molecular flexibility index (Phi) is 4.97. The highest BCUT2D eigenvalue weighted by molar-refractivity contribution is 7.15. The summed E-state index contributed by atoms with van der Waals surface area (Å²) in [7, 11) is 0. The minimum absolute atomic E-state index is 0.542. The van der Waals surface area contributed by atoms with Gasteiger partial charge >= 0.3 is 0 Å². The summed E-state index contributed by atoms with van der Waals surface area (Å²) in [6, 6.07) is 8.40. The third kappa shape index (κ3) is 3.78. The highest BCUT2D eigenvalue weighted by Gasteiger charge is 2.10. The summed E-state index contributed by atoms with van der Waals surface area (Å²) in [5.41, 5.74) is 2.25. The second-order valence-corrected chi connectivity index (χ2v) is 6.24. The number of aromatic nitrogens is 1. The molecule has 1 aromatic carbocycles. The Labute approximate surface area is 123 Å². The quantitative estimate of drug-likeness (QED) is 0.867. The largest absolute Gasteiger partial charge is 0.309 e. The maximum Gasteiger partial charge on any atom is 0.123 e. The van der Waals surface area contributed by atoms with Crippen molar-refractivity contribution < 1.29 is 0 Å². The van der Waals surface area contributed by atoms with Crippen molar-refractivity contribution in [3.63, 3.8) is 0 Å². The molecule has 0 saturated carbocycles. The zero-order valence-corrected chi connectivity index (χ0v) is 13.1. The van der Waals surface area contributed by atoms with Crippen molar-refractivity contribution in [2.24, 2.45) is 0 Å². The fourth-order valence-corrected chi connectivity index (χ4v) is 2.86. The van der Waals surface area contributed by atoms with E-state index in [1.165, 1.54) is 4.88 Å². The van der Waals surface area contributed by atoms with Crippen molar-refractivity contribution in [1.29, 1.82) is 0 Å². The third-order valence-corrected chi connectivity index (χ3v) is 4.67. The fraction of sp³-hybridized carbons (Fsp3) is 0.400. The van der Waals surface area contributed by atoms with E-state index in [0.717, 1.165) is 34.3 Å². The van der Waals surface area contributed by atoms with Gasteiger partial charge in [0.1, 0.15) is 5.01 Å². The van der Waals surface area contributed by atoms with Gasteiger partial charge in [-0.2, -0.15) is 0 Å². The number of rotatable bonds is 5. The molecule has 1 unspecified atom stereocenters. The van der Waals surface area contributed by atoms with Crippen LogP contribution in [0, 0.1) is 6.92 Å². The number of hydrogen-bond acceptors (Lipinski definition) is 3. The van der Waals surface area contributed by atoms with Crippen LogP contribution in [-0.2, 0) is 6.54 Å². The Bertz CT molecular complexity index is 534. The lowest BCUT2D eigenvalue weighted by Gasteiger charge is -2.09. The topological polar surface area (TPSA) is 24.9 Å². The van der Waals surface area contributed by atoms with Crippen LogP contribution >= 0.6 is 22.9 Å². The molecule has 1 aromatic heterocycles. The molecule has 2 aromatic rings. The van der Waals surface area contributed by atoms with E-state index in [2.05, 4.69) is 31.1 Å². The molecule has 0 spiro atoms. The third-order valence-electron chi connectivity index (χ3n) is 3.21. The molecule has 1 heterocycles. The highest BCUT2D eigenvalue weighted by atomic mass is 35.5. The number of thiazole rings is 1. The number of nitrogens with zero attached hydrogens (tertiary/aromatic N) is 1. The molecule has 0 aliphatic heterocycles. The van der Waals surface area contributed by atoms with Crippen molar-refractivity contribution in [3.05, 3.63) is 39.9 Å². The maximum absolute atomic E-state index is 5.91. The lowest BCUT2D eigenvalue weighted by atomic mass is 10.2. The van der Waals surface area contributed by atoms with Gasteiger partial charge in [0.2, 0.25) is 0 Å². The Morgan fingerprint density at radius 2 is 2.00 bits per heavy atom. The molecule has 0 amide bonds. The van der Waals surface area contributed by atoms with Crippen LogP contribution in [0.3, 0.4) is 0 Å². The molecule has 0 bridgehead atoms. The Hall–Kier alpha value is -0.900. The van der Waals surface area contributed by atoms with Crippen LogP contribution in [0.5, 0.6) is 0 Å². The van der Waals surface area contributed by atoms with Gasteiger partial charge in [0.15, 0.2) is 0 Å². The fourth-order valence-electron chi connectivity index (χ4n) is 1.72. The summed E-state index contributed by atoms with van der Waals surface area (Å²) >= 11 is 7.66. The van der Waals surface area contributed by atoms with Crippen LogP contribution < -0.4 is 5.32 Å². The van der Waals surface area contributed by atoms with Crippen LogP contribution in [0.4, 0.5) is 0 Å². The maximum atomic E-state index is 5.91. The highest BCUT2D eigenvalue weighted by Crippen LogP contribution is 2.28. The molecular formula is C15H19ClN2S. The molecule has 2 nitrogen and oxygen atoms in total. The number of benzene rings is 1. The summed E-state index contributed by atoms with van der Waals surface area (Å²) in [6.07, 6.45) is 1.14. The predicted molar refractivity (Wildman–Crippen MR) is 83.9 cm³/mol. The second-order valence-electron chi connectivity index (χ2n) is 4.72. The Balaban J connectivity index is 2.14. The first kappa shape index (κ1) is 14.5. The van der Waals surface area contributed by atoms with E-state index in [1.807, 2.05) is 24.3 Å². The number of aryl methyl sites for hydroxylation is 1. The lowest BCUT2D eigenvalue weighted by Crippen LogP contribution is -2.24. The van der Waals surface area contributed by atoms with Crippen LogP contribution in [0.2, 0.25) is 5.02 Å². The molecule has 1 atom stereocenters.